The zero-order chi connectivity index (χ0) is 11.4. The van der Waals surface area contributed by atoms with Gasteiger partial charge in [-0.25, -0.2) is 4.98 Å². The topological polar surface area (TPSA) is 85.3 Å². The number of hydrogen-bond acceptors (Lipinski definition) is 5. The van der Waals surface area contributed by atoms with Gasteiger partial charge in [-0.3, -0.25) is 10.1 Å². The second kappa shape index (κ2) is 4.59. The molecule has 1 aromatic rings. The van der Waals surface area contributed by atoms with Gasteiger partial charge in [0.25, 0.3) is 0 Å². The minimum atomic E-state index is -0.450. The Morgan fingerprint density at radius 1 is 1.60 bits per heavy atom. The number of nitrogens with zero attached hydrogens (tertiary/aromatic N) is 3. The molecule has 6 heteroatoms. The summed E-state index contributed by atoms with van der Waals surface area (Å²) < 4.78 is 0. The summed E-state index contributed by atoms with van der Waals surface area (Å²) in [5.41, 5.74) is 5.49. The van der Waals surface area contributed by atoms with Crippen LogP contribution in [0, 0.1) is 10.1 Å². The van der Waals surface area contributed by atoms with Crippen LogP contribution in [0.25, 0.3) is 0 Å². The molecule has 1 heterocycles. The van der Waals surface area contributed by atoms with Gasteiger partial charge in [-0.2, -0.15) is 0 Å². The van der Waals surface area contributed by atoms with E-state index in [-0.39, 0.29) is 5.69 Å². The lowest BCUT2D eigenvalue weighted by Gasteiger charge is -2.16. The number of nitrogens with two attached hydrogens (primary N) is 1. The molecule has 6 nitrogen and oxygen atoms in total. The predicted molar refractivity (Wildman–Crippen MR) is 58.9 cm³/mol. The minimum Gasteiger partial charge on any atom is -0.384 e. The van der Waals surface area contributed by atoms with E-state index in [1.54, 1.807) is 11.9 Å². The molecule has 0 radical (unpaired) electrons. The molecule has 0 fully saturated rings. The maximum atomic E-state index is 10.7. The molecule has 0 aliphatic rings. The number of nitrogen functional groups attached to an aromatic ring is 1. The van der Waals surface area contributed by atoms with Crippen molar-refractivity contribution in [2.45, 2.75) is 13.3 Å². The van der Waals surface area contributed by atoms with Crippen LogP contribution in [-0.2, 0) is 0 Å². The Hall–Kier alpha value is -1.85. The number of hydrogen-bond donors (Lipinski definition) is 1. The fourth-order valence-corrected chi connectivity index (χ4v) is 1.32. The zero-order valence-electron chi connectivity index (χ0n) is 8.80. The van der Waals surface area contributed by atoms with E-state index in [4.69, 9.17) is 5.73 Å². The summed E-state index contributed by atoms with van der Waals surface area (Å²) in [6.45, 7) is 2.70. The van der Waals surface area contributed by atoms with Gasteiger partial charge >= 0.3 is 5.69 Å². The molecule has 0 aliphatic heterocycles. The molecule has 0 unspecified atom stereocenters. The number of nitro groups is 1. The first-order valence-corrected chi connectivity index (χ1v) is 4.68. The van der Waals surface area contributed by atoms with Gasteiger partial charge in [-0.15, -0.1) is 0 Å². The summed E-state index contributed by atoms with van der Waals surface area (Å²) in [7, 11) is 1.76. The number of aromatic nitrogens is 1. The van der Waals surface area contributed by atoms with Gasteiger partial charge in [0.1, 0.15) is 5.82 Å². The van der Waals surface area contributed by atoms with Crippen LogP contribution in [0.15, 0.2) is 12.1 Å². The summed E-state index contributed by atoms with van der Waals surface area (Å²) in [4.78, 5) is 16.0. The van der Waals surface area contributed by atoms with Crippen molar-refractivity contribution in [3.8, 4) is 0 Å². The van der Waals surface area contributed by atoms with E-state index in [9.17, 15) is 10.1 Å². The second-order valence-electron chi connectivity index (χ2n) is 3.26. The normalized spacial score (nSPS) is 10.0. The maximum Gasteiger partial charge on any atom is 0.311 e. The summed E-state index contributed by atoms with van der Waals surface area (Å²) in [5.74, 6) is 0.611. The van der Waals surface area contributed by atoms with E-state index >= 15 is 0 Å². The van der Waals surface area contributed by atoms with E-state index in [1.165, 1.54) is 12.1 Å². The molecule has 82 valence electrons. The van der Waals surface area contributed by atoms with Crippen molar-refractivity contribution < 1.29 is 4.92 Å². The highest BCUT2D eigenvalue weighted by molar-refractivity contribution is 5.60. The van der Waals surface area contributed by atoms with Gasteiger partial charge in [-0.1, -0.05) is 6.92 Å². The molecule has 0 saturated carbocycles. The van der Waals surface area contributed by atoms with Crippen molar-refractivity contribution in [2.75, 3.05) is 24.2 Å². The molecule has 0 bridgehead atoms. The van der Waals surface area contributed by atoms with Crippen LogP contribution >= 0.6 is 0 Å². The predicted octanol–water partition coefficient (Wildman–Crippen LogP) is 1.42. The summed E-state index contributed by atoms with van der Waals surface area (Å²) in [6.07, 6.45) is 0.893. The third kappa shape index (κ3) is 2.55. The summed E-state index contributed by atoms with van der Waals surface area (Å²) in [5, 5.41) is 10.7. The van der Waals surface area contributed by atoms with E-state index in [1.807, 2.05) is 6.92 Å². The molecule has 0 saturated heterocycles. The third-order valence-corrected chi connectivity index (χ3v) is 1.99. The lowest BCUT2D eigenvalue weighted by Crippen LogP contribution is -2.20. The fourth-order valence-electron chi connectivity index (χ4n) is 1.32. The molecule has 1 aromatic heterocycles. The van der Waals surface area contributed by atoms with Crippen molar-refractivity contribution >= 4 is 17.3 Å². The third-order valence-electron chi connectivity index (χ3n) is 1.99. The van der Waals surface area contributed by atoms with Gasteiger partial charge in [-0.05, 0) is 12.5 Å². The molecule has 0 aromatic carbocycles. The molecular formula is C9H14N4O2. The quantitative estimate of drug-likeness (QED) is 0.600. The van der Waals surface area contributed by atoms with Crippen LogP contribution in [0.5, 0.6) is 0 Å². The molecule has 2 N–H and O–H groups in total. The minimum absolute atomic E-state index is 0.0137. The Labute approximate surface area is 87.9 Å². The molecule has 1 rings (SSSR count). The first-order valence-electron chi connectivity index (χ1n) is 4.68. The molecule has 0 spiro atoms. The van der Waals surface area contributed by atoms with Crippen molar-refractivity contribution in [2.24, 2.45) is 0 Å². The van der Waals surface area contributed by atoms with Crippen LogP contribution in [0.3, 0.4) is 0 Å². The zero-order valence-corrected chi connectivity index (χ0v) is 8.80. The molecule has 0 aliphatic carbocycles. The average molecular weight is 210 g/mol. The van der Waals surface area contributed by atoms with Crippen molar-refractivity contribution in [3.05, 3.63) is 22.2 Å². The first kappa shape index (κ1) is 11.2. The van der Waals surface area contributed by atoms with E-state index in [0.717, 1.165) is 6.42 Å². The average Bonchev–Trinajstić information content (AvgIpc) is 2.17. The van der Waals surface area contributed by atoms with Gasteiger partial charge in [0.05, 0.1) is 4.92 Å². The number of anilines is 2. The van der Waals surface area contributed by atoms with Gasteiger partial charge in [0.2, 0.25) is 5.82 Å². The Kier molecular flexibility index (Phi) is 3.43. The van der Waals surface area contributed by atoms with Crippen molar-refractivity contribution in [3.63, 3.8) is 0 Å². The molecular weight excluding hydrogens is 196 g/mol. The maximum absolute atomic E-state index is 10.7. The highest BCUT2D eigenvalue weighted by atomic mass is 16.6. The van der Waals surface area contributed by atoms with Gasteiger partial charge in [0.15, 0.2) is 0 Å². The summed E-state index contributed by atoms with van der Waals surface area (Å²) in [6, 6.07) is 2.81. The Balaban J connectivity index is 3.12. The summed E-state index contributed by atoms with van der Waals surface area (Å²) >= 11 is 0. The Morgan fingerprint density at radius 2 is 2.27 bits per heavy atom. The molecule has 15 heavy (non-hydrogen) atoms. The number of rotatable bonds is 4. The molecule has 0 amide bonds. The first-order chi connectivity index (χ1) is 7.06. The van der Waals surface area contributed by atoms with Gasteiger partial charge in [0, 0.05) is 19.7 Å². The van der Waals surface area contributed by atoms with Crippen LogP contribution in [0.4, 0.5) is 17.3 Å². The van der Waals surface area contributed by atoms with E-state index < -0.39 is 4.92 Å². The largest absolute Gasteiger partial charge is 0.384 e. The Bertz CT molecular complexity index is 367. The number of pyridine rings is 1. The van der Waals surface area contributed by atoms with Crippen LogP contribution in [0.2, 0.25) is 0 Å². The van der Waals surface area contributed by atoms with Crippen molar-refractivity contribution in [1.29, 1.82) is 0 Å². The molecule has 0 atom stereocenters. The lowest BCUT2D eigenvalue weighted by atomic mass is 10.3. The fraction of sp³-hybridized carbons (Fsp3) is 0.444. The van der Waals surface area contributed by atoms with Gasteiger partial charge < -0.3 is 10.6 Å². The Morgan fingerprint density at radius 3 is 2.80 bits per heavy atom. The second-order valence-corrected chi connectivity index (χ2v) is 3.26. The monoisotopic (exact) mass is 210 g/mol. The standard InChI is InChI=1S/C9H14N4O2/c1-3-6-12(2)9-7(13(14)15)4-5-8(10)11-9/h4-5H,3,6H2,1-2H3,(H2,10,11). The van der Waals surface area contributed by atoms with Crippen LogP contribution in [0.1, 0.15) is 13.3 Å². The van der Waals surface area contributed by atoms with E-state index in [2.05, 4.69) is 4.98 Å². The lowest BCUT2D eigenvalue weighted by molar-refractivity contribution is -0.384. The smallest absolute Gasteiger partial charge is 0.311 e. The highest BCUT2D eigenvalue weighted by Gasteiger charge is 2.18. The van der Waals surface area contributed by atoms with E-state index in [0.29, 0.717) is 18.2 Å². The highest BCUT2D eigenvalue weighted by Crippen LogP contribution is 2.25. The van der Waals surface area contributed by atoms with Crippen LogP contribution < -0.4 is 10.6 Å². The van der Waals surface area contributed by atoms with Crippen LogP contribution in [-0.4, -0.2) is 23.5 Å². The SMILES string of the molecule is CCCN(C)c1nc(N)ccc1[N+](=O)[O-]. The van der Waals surface area contributed by atoms with Crippen molar-refractivity contribution in [1.82, 2.24) is 4.98 Å².